The van der Waals surface area contributed by atoms with Gasteiger partial charge in [0.05, 0.1) is 0 Å². The van der Waals surface area contributed by atoms with E-state index >= 15 is 0 Å². The summed E-state index contributed by atoms with van der Waals surface area (Å²) in [6.07, 6.45) is 6.89. The molecule has 3 fully saturated rings. The van der Waals surface area contributed by atoms with Crippen LogP contribution < -0.4 is 5.32 Å². The predicted octanol–water partition coefficient (Wildman–Crippen LogP) is 4.13. The molecule has 0 aromatic heterocycles. The summed E-state index contributed by atoms with van der Waals surface area (Å²) in [5, 5.41) is 3.93. The number of benzene rings is 1. The van der Waals surface area contributed by atoms with Gasteiger partial charge in [-0.15, -0.1) is 0 Å². The van der Waals surface area contributed by atoms with Crippen LogP contribution in [0.1, 0.15) is 55.8 Å². The molecule has 0 unspecified atom stereocenters. The minimum atomic E-state index is 0.0281. The number of carbonyl (C=O) groups is 2. The quantitative estimate of drug-likeness (QED) is 0.842. The van der Waals surface area contributed by atoms with Gasteiger partial charge >= 0.3 is 0 Å². The largest absolute Gasteiger partial charge is 0.353 e. The number of hydrogen-bond donors (Lipinski definition) is 1. The molecular formula is C22H29ClN2O2. The number of amides is 2. The zero-order valence-corrected chi connectivity index (χ0v) is 16.8. The van der Waals surface area contributed by atoms with E-state index < -0.39 is 0 Å². The summed E-state index contributed by atoms with van der Waals surface area (Å²) in [5.74, 6) is 2.63. The number of nitrogens with one attached hydrogen (secondary N) is 1. The van der Waals surface area contributed by atoms with Crippen molar-refractivity contribution in [1.82, 2.24) is 10.2 Å². The molecule has 2 bridgehead atoms. The van der Waals surface area contributed by atoms with Gasteiger partial charge in [0.25, 0.3) is 5.91 Å². The standard InChI is InChI=1S/C22H29ClN2O2/c1-14(20-13-15-2-3-18(20)12-15)24-21(26)16-8-10-25(11-9-16)22(27)17-4-6-19(23)7-5-17/h4-7,14-16,18,20H,2-3,8-13H2,1H3,(H,24,26)/t14-,15-,18-,20-/m0/s1. The zero-order valence-electron chi connectivity index (χ0n) is 16.0. The Hall–Kier alpha value is -1.55. The number of fused-ring (bicyclic) bond motifs is 2. The van der Waals surface area contributed by atoms with E-state index in [0.717, 1.165) is 24.7 Å². The molecule has 1 saturated heterocycles. The van der Waals surface area contributed by atoms with Crippen LogP contribution in [0.3, 0.4) is 0 Å². The second kappa shape index (κ2) is 7.83. The molecule has 4 atom stereocenters. The highest BCUT2D eigenvalue weighted by Gasteiger charge is 2.42. The Morgan fingerprint density at radius 1 is 1.07 bits per heavy atom. The first-order valence-electron chi connectivity index (χ1n) is 10.4. The molecule has 0 radical (unpaired) electrons. The SMILES string of the molecule is C[C@H](NC(=O)C1CCN(C(=O)c2ccc(Cl)cc2)CC1)[C@@H]1C[C@H]2CC[C@H]1C2. The summed E-state index contributed by atoms with van der Waals surface area (Å²) in [4.78, 5) is 27.2. The van der Waals surface area contributed by atoms with Gasteiger partial charge in [-0.25, -0.2) is 0 Å². The predicted molar refractivity (Wildman–Crippen MR) is 107 cm³/mol. The Morgan fingerprint density at radius 2 is 1.78 bits per heavy atom. The minimum Gasteiger partial charge on any atom is -0.353 e. The lowest BCUT2D eigenvalue weighted by Crippen LogP contribution is -2.47. The first kappa shape index (κ1) is 18.8. The maximum atomic E-state index is 12.7. The number of hydrogen-bond acceptors (Lipinski definition) is 2. The Labute approximate surface area is 166 Å². The van der Waals surface area contributed by atoms with Crippen LogP contribution in [0.15, 0.2) is 24.3 Å². The van der Waals surface area contributed by atoms with E-state index in [9.17, 15) is 9.59 Å². The molecule has 5 heteroatoms. The topological polar surface area (TPSA) is 49.4 Å². The highest BCUT2D eigenvalue weighted by Crippen LogP contribution is 2.49. The molecular weight excluding hydrogens is 360 g/mol. The van der Waals surface area contributed by atoms with Gasteiger partial charge in [-0.2, -0.15) is 0 Å². The second-order valence-electron chi connectivity index (χ2n) is 8.71. The first-order valence-corrected chi connectivity index (χ1v) is 10.7. The molecule has 4 nitrogen and oxygen atoms in total. The van der Waals surface area contributed by atoms with Crippen LogP contribution in [0.25, 0.3) is 0 Å². The molecule has 27 heavy (non-hydrogen) atoms. The lowest BCUT2D eigenvalue weighted by Gasteiger charge is -2.34. The lowest BCUT2D eigenvalue weighted by molar-refractivity contribution is -0.127. The van der Waals surface area contributed by atoms with E-state index in [0.29, 0.717) is 29.6 Å². The van der Waals surface area contributed by atoms with Crippen molar-refractivity contribution in [3.8, 4) is 0 Å². The van der Waals surface area contributed by atoms with Gasteiger partial charge in [0.15, 0.2) is 0 Å². The summed E-state index contributed by atoms with van der Waals surface area (Å²) >= 11 is 5.90. The molecule has 1 aliphatic heterocycles. The first-order chi connectivity index (χ1) is 13.0. The molecule has 2 aliphatic carbocycles. The fraction of sp³-hybridized carbons (Fsp3) is 0.636. The molecule has 1 aromatic rings. The van der Waals surface area contributed by atoms with Crippen molar-refractivity contribution >= 4 is 23.4 Å². The van der Waals surface area contributed by atoms with Gasteiger partial charge < -0.3 is 10.2 Å². The maximum Gasteiger partial charge on any atom is 0.253 e. The lowest BCUT2D eigenvalue weighted by atomic mass is 9.83. The number of halogens is 1. The molecule has 1 heterocycles. The van der Waals surface area contributed by atoms with E-state index in [1.165, 1.54) is 25.7 Å². The van der Waals surface area contributed by atoms with Crippen LogP contribution in [0.2, 0.25) is 5.02 Å². The summed E-state index contributed by atoms with van der Waals surface area (Å²) in [6.45, 7) is 3.46. The second-order valence-corrected chi connectivity index (χ2v) is 9.15. The maximum absolute atomic E-state index is 12.7. The van der Waals surface area contributed by atoms with Crippen molar-refractivity contribution < 1.29 is 9.59 Å². The molecule has 0 spiro atoms. The van der Waals surface area contributed by atoms with Crippen LogP contribution in [0.4, 0.5) is 0 Å². The van der Waals surface area contributed by atoms with Crippen LogP contribution in [-0.4, -0.2) is 35.8 Å². The number of rotatable bonds is 4. The average Bonchev–Trinajstić information content (AvgIpc) is 3.32. The average molecular weight is 389 g/mol. The molecule has 1 N–H and O–H groups in total. The van der Waals surface area contributed by atoms with Crippen LogP contribution in [-0.2, 0) is 4.79 Å². The third kappa shape index (κ3) is 4.01. The van der Waals surface area contributed by atoms with E-state index in [2.05, 4.69) is 12.2 Å². The number of carbonyl (C=O) groups excluding carboxylic acids is 2. The summed E-state index contributed by atoms with van der Waals surface area (Å²) in [6, 6.07) is 7.29. The Morgan fingerprint density at radius 3 is 2.37 bits per heavy atom. The summed E-state index contributed by atoms with van der Waals surface area (Å²) < 4.78 is 0. The Bertz CT molecular complexity index is 697. The molecule has 146 valence electrons. The zero-order chi connectivity index (χ0) is 19.0. The van der Waals surface area contributed by atoms with Crippen molar-refractivity contribution in [3.63, 3.8) is 0 Å². The summed E-state index contributed by atoms with van der Waals surface area (Å²) in [7, 11) is 0. The van der Waals surface area contributed by atoms with Crippen LogP contribution in [0.5, 0.6) is 0 Å². The molecule has 1 aromatic carbocycles. The van der Waals surface area contributed by atoms with E-state index in [1.807, 2.05) is 4.90 Å². The van der Waals surface area contributed by atoms with Crippen molar-refractivity contribution in [1.29, 1.82) is 0 Å². The third-order valence-corrected chi connectivity index (χ3v) is 7.30. The van der Waals surface area contributed by atoms with E-state index in [-0.39, 0.29) is 23.8 Å². The third-order valence-electron chi connectivity index (χ3n) is 7.05. The number of likely N-dealkylation sites (tertiary alicyclic amines) is 1. The minimum absolute atomic E-state index is 0.0281. The summed E-state index contributed by atoms with van der Waals surface area (Å²) in [5.41, 5.74) is 0.659. The van der Waals surface area contributed by atoms with E-state index in [4.69, 9.17) is 11.6 Å². The van der Waals surface area contributed by atoms with Gasteiger partial charge in [-0.05, 0) is 81.0 Å². The normalized spacial score (nSPS) is 29.0. The van der Waals surface area contributed by atoms with Crippen molar-refractivity contribution in [3.05, 3.63) is 34.9 Å². The van der Waals surface area contributed by atoms with Gasteiger partial charge in [0.2, 0.25) is 5.91 Å². The molecule has 3 aliphatic rings. The number of nitrogens with zero attached hydrogens (tertiary/aromatic N) is 1. The molecule has 2 saturated carbocycles. The Kier molecular flexibility index (Phi) is 5.45. The smallest absolute Gasteiger partial charge is 0.253 e. The van der Waals surface area contributed by atoms with Gasteiger partial charge in [-0.1, -0.05) is 18.0 Å². The van der Waals surface area contributed by atoms with Crippen LogP contribution in [0, 0.1) is 23.7 Å². The van der Waals surface area contributed by atoms with Gasteiger partial charge in [-0.3, -0.25) is 9.59 Å². The fourth-order valence-corrected chi connectivity index (χ4v) is 5.60. The number of piperidine rings is 1. The van der Waals surface area contributed by atoms with Crippen LogP contribution >= 0.6 is 11.6 Å². The van der Waals surface area contributed by atoms with Crippen molar-refractivity contribution in [2.45, 2.75) is 51.5 Å². The molecule has 2 amide bonds. The Balaban J connectivity index is 1.26. The van der Waals surface area contributed by atoms with Gasteiger partial charge in [0.1, 0.15) is 0 Å². The highest BCUT2D eigenvalue weighted by molar-refractivity contribution is 6.30. The monoisotopic (exact) mass is 388 g/mol. The van der Waals surface area contributed by atoms with Crippen molar-refractivity contribution in [2.75, 3.05) is 13.1 Å². The fourth-order valence-electron chi connectivity index (χ4n) is 5.48. The van der Waals surface area contributed by atoms with Gasteiger partial charge in [0, 0.05) is 35.6 Å². The molecule has 4 rings (SSSR count). The van der Waals surface area contributed by atoms with E-state index in [1.54, 1.807) is 24.3 Å². The highest BCUT2D eigenvalue weighted by atomic mass is 35.5. The van der Waals surface area contributed by atoms with Crippen molar-refractivity contribution in [2.24, 2.45) is 23.7 Å².